The number of nitrogens with zero attached hydrogens (tertiary/aromatic N) is 4. The van der Waals surface area contributed by atoms with Crippen molar-refractivity contribution in [3.8, 4) is 11.3 Å². The number of amides is 1. The Morgan fingerprint density at radius 1 is 1.19 bits per heavy atom. The largest absolute Gasteiger partial charge is 0.416 e. The maximum absolute atomic E-state index is 13.5. The number of H-pyrrole nitrogens is 1. The first-order chi connectivity index (χ1) is 14.6. The highest BCUT2D eigenvalue weighted by atomic mass is 19.4. The number of carbonyl (C=O) groups excluding carboxylic acids is 1. The van der Waals surface area contributed by atoms with Gasteiger partial charge in [0.05, 0.1) is 29.1 Å². The van der Waals surface area contributed by atoms with Crippen molar-refractivity contribution in [2.75, 3.05) is 11.4 Å². The number of halogens is 3. The van der Waals surface area contributed by atoms with Crippen molar-refractivity contribution in [2.24, 2.45) is 0 Å². The van der Waals surface area contributed by atoms with Crippen LogP contribution in [0.3, 0.4) is 0 Å². The van der Waals surface area contributed by atoms with E-state index in [1.165, 1.54) is 24.0 Å². The van der Waals surface area contributed by atoms with E-state index in [0.717, 1.165) is 30.4 Å². The number of aromatic nitrogens is 4. The van der Waals surface area contributed by atoms with Gasteiger partial charge in [-0.15, -0.1) is 0 Å². The quantitative estimate of drug-likeness (QED) is 0.637. The lowest BCUT2D eigenvalue weighted by Gasteiger charge is -2.32. The average molecular weight is 429 g/mol. The van der Waals surface area contributed by atoms with E-state index < -0.39 is 11.7 Å². The third-order valence-corrected chi connectivity index (χ3v) is 6.06. The monoisotopic (exact) mass is 429 g/mol. The lowest BCUT2D eigenvalue weighted by Crippen LogP contribution is -2.43. The molecule has 2 aromatic heterocycles. The Morgan fingerprint density at radius 2 is 1.94 bits per heavy atom. The van der Waals surface area contributed by atoms with Gasteiger partial charge in [-0.1, -0.05) is 0 Å². The van der Waals surface area contributed by atoms with Crippen molar-refractivity contribution in [3.05, 3.63) is 52.7 Å². The second-order valence-electron chi connectivity index (χ2n) is 8.48. The van der Waals surface area contributed by atoms with Crippen LogP contribution in [-0.4, -0.2) is 32.2 Å². The van der Waals surface area contributed by atoms with Gasteiger partial charge < -0.3 is 9.88 Å². The number of hydrogen-bond acceptors (Lipinski definition) is 3. The zero-order valence-corrected chi connectivity index (χ0v) is 17.4. The van der Waals surface area contributed by atoms with Crippen LogP contribution in [0, 0.1) is 13.8 Å². The number of aromatic amines is 1. The molecule has 31 heavy (non-hydrogen) atoms. The lowest BCUT2D eigenvalue weighted by atomic mass is 10.0. The highest BCUT2D eigenvalue weighted by molar-refractivity contribution is 6.09. The van der Waals surface area contributed by atoms with Gasteiger partial charge in [-0.25, -0.2) is 4.98 Å². The smallest absolute Gasteiger partial charge is 0.345 e. The molecule has 9 heteroatoms. The summed E-state index contributed by atoms with van der Waals surface area (Å²) in [7, 11) is 0. The number of rotatable bonds is 3. The lowest BCUT2D eigenvalue weighted by molar-refractivity contribution is -0.138. The second kappa shape index (κ2) is 6.70. The molecule has 0 radical (unpaired) electrons. The van der Waals surface area contributed by atoms with Crippen LogP contribution in [0.1, 0.15) is 64.9 Å². The van der Waals surface area contributed by atoms with Gasteiger partial charge in [0.1, 0.15) is 11.5 Å². The van der Waals surface area contributed by atoms with E-state index >= 15 is 0 Å². The highest BCUT2D eigenvalue weighted by Crippen LogP contribution is 2.41. The Labute approximate surface area is 177 Å². The van der Waals surface area contributed by atoms with Crippen molar-refractivity contribution in [1.29, 1.82) is 0 Å². The molecule has 2 aliphatic rings. The molecule has 1 amide bonds. The van der Waals surface area contributed by atoms with Crippen LogP contribution < -0.4 is 4.90 Å². The van der Waals surface area contributed by atoms with Crippen molar-refractivity contribution >= 4 is 11.6 Å². The number of hydrogen-bond donors (Lipinski definition) is 1. The molecule has 0 spiro atoms. The number of aryl methyl sites for hydroxylation is 2. The highest BCUT2D eigenvalue weighted by Gasteiger charge is 2.37. The van der Waals surface area contributed by atoms with Gasteiger partial charge in [0, 0.05) is 23.8 Å². The van der Waals surface area contributed by atoms with Gasteiger partial charge in [-0.05, 0) is 57.4 Å². The summed E-state index contributed by atoms with van der Waals surface area (Å²) < 4.78 is 41.2. The Morgan fingerprint density at radius 3 is 2.58 bits per heavy atom. The first kappa shape index (κ1) is 19.8. The van der Waals surface area contributed by atoms with Crippen molar-refractivity contribution < 1.29 is 18.0 Å². The average Bonchev–Trinajstić information content (AvgIpc) is 3.33. The summed E-state index contributed by atoms with van der Waals surface area (Å²) >= 11 is 0. The van der Waals surface area contributed by atoms with E-state index in [4.69, 9.17) is 4.98 Å². The van der Waals surface area contributed by atoms with E-state index in [1.807, 2.05) is 13.8 Å². The van der Waals surface area contributed by atoms with E-state index in [-0.39, 0.29) is 17.5 Å². The summed E-state index contributed by atoms with van der Waals surface area (Å²) in [6.07, 6.45) is -0.555. The van der Waals surface area contributed by atoms with E-state index in [9.17, 15) is 18.0 Å². The maximum atomic E-state index is 13.5. The van der Waals surface area contributed by atoms with Crippen LogP contribution in [0.15, 0.2) is 24.4 Å². The molecule has 5 rings (SSSR count). The predicted molar refractivity (Wildman–Crippen MR) is 109 cm³/mol. The number of nitrogens with one attached hydrogen (secondary N) is 1. The van der Waals surface area contributed by atoms with Crippen LogP contribution in [0.5, 0.6) is 0 Å². The van der Waals surface area contributed by atoms with Gasteiger partial charge in [0.25, 0.3) is 5.91 Å². The van der Waals surface area contributed by atoms with Gasteiger partial charge in [-0.2, -0.15) is 18.3 Å². The fourth-order valence-corrected chi connectivity index (χ4v) is 4.29. The molecule has 0 unspecified atom stereocenters. The standard InChI is InChI=1S/C22H22F3N5O/c1-11-8-15(6-7-17(11)22(23,24)25)29-10-12(2)30-19(21(29)31)16(9-26-30)18-13(3)27-20(28-18)14-4-5-14/h6-9,12,14H,4-5,10H2,1-3H3,(H,27,28)/t12-/m0/s1. The number of anilines is 1. The maximum Gasteiger partial charge on any atom is 0.416 e. The van der Waals surface area contributed by atoms with E-state index in [0.29, 0.717) is 35.1 Å². The molecule has 1 atom stereocenters. The Hall–Kier alpha value is -3.10. The van der Waals surface area contributed by atoms with Crippen LogP contribution in [0.4, 0.5) is 18.9 Å². The van der Waals surface area contributed by atoms with Crippen LogP contribution in [0.2, 0.25) is 0 Å². The predicted octanol–water partition coefficient (Wildman–Crippen LogP) is 5.01. The fourth-order valence-electron chi connectivity index (χ4n) is 4.29. The Bertz CT molecular complexity index is 1190. The molecular weight excluding hydrogens is 407 g/mol. The van der Waals surface area contributed by atoms with Crippen molar-refractivity contribution in [3.63, 3.8) is 0 Å². The van der Waals surface area contributed by atoms with Crippen LogP contribution in [0.25, 0.3) is 11.3 Å². The Balaban J connectivity index is 1.55. The summed E-state index contributed by atoms with van der Waals surface area (Å²) in [5, 5.41) is 4.43. The summed E-state index contributed by atoms with van der Waals surface area (Å²) in [5.41, 5.74) is 2.47. The summed E-state index contributed by atoms with van der Waals surface area (Å²) in [4.78, 5) is 23.1. The first-order valence-corrected chi connectivity index (χ1v) is 10.3. The summed E-state index contributed by atoms with van der Waals surface area (Å²) in [6, 6.07) is 3.68. The molecular formula is C22H22F3N5O. The molecule has 3 heterocycles. The number of carbonyl (C=O) groups is 1. The third kappa shape index (κ3) is 3.23. The fraction of sp³-hybridized carbons (Fsp3) is 0.409. The zero-order chi connectivity index (χ0) is 22.1. The van der Waals surface area contributed by atoms with Gasteiger partial charge in [-0.3, -0.25) is 9.48 Å². The minimum Gasteiger partial charge on any atom is -0.345 e. The van der Waals surface area contributed by atoms with Crippen molar-refractivity contribution in [2.45, 2.75) is 51.7 Å². The molecule has 1 aromatic carbocycles. The van der Waals surface area contributed by atoms with Crippen molar-refractivity contribution in [1.82, 2.24) is 19.7 Å². The minimum atomic E-state index is -4.43. The minimum absolute atomic E-state index is 0.0852. The molecule has 1 fully saturated rings. The normalized spacial score (nSPS) is 19.1. The topological polar surface area (TPSA) is 66.8 Å². The van der Waals surface area contributed by atoms with E-state index in [1.54, 1.807) is 10.9 Å². The van der Waals surface area contributed by atoms with E-state index in [2.05, 4.69) is 10.1 Å². The van der Waals surface area contributed by atoms with Gasteiger partial charge in [0.2, 0.25) is 0 Å². The number of fused-ring (bicyclic) bond motifs is 1. The molecule has 1 N–H and O–H groups in total. The van der Waals surface area contributed by atoms with Crippen LogP contribution >= 0.6 is 0 Å². The molecule has 162 valence electrons. The first-order valence-electron chi connectivity index (χ1n) is 10.3. The molecule has 1 aliphatic carbocycles. The Kier molecular flexibility index (Phi) is 4.29. The second-order valence-corrected chi connectivity index (χ2v) is 8.48. The molecule has 6 nitrogen and oxygen atoms in total. The number of benzene rings is 1. The molecule has 3 aromatic rings. The number of alkyl halides is 3. The summed E-state index contributed by atoms with van der Waals surface area (Å²) in [5.74, 6) is 1.08. The van der Waals surface area contributed by atoms with Gasteiger partial charge in [0.15, 0.2) is 0 Å². The third-order valence-electron chi connectivity index (χ3n) is 6.06. The summed E-state index contributed by atoms with van der Waals surface area (Å²) in [6.45, 7) is 5.59. The number of imidazole rings is 1. The van der Waals surface area contributed by atoms with Gasteiger partial charge >= 0.3 is 6.18 Å². The molecule has 0 bridgehead atoms. The SMILES string of the molecule is Cc1cc(N2C[C@H](C)n3ncc(-c4nc(C5CC5)[nH]c4C)c3C2=O)ccc1C(F)(F)F. The molecule has 1 aliphatic heterocycles. The zero-order valence-electron chi connectivity index (χ0n) is 17.4. The molecule has 1 saturated carbocycles. The molecule has 0 saturated heterocycles. The van der Waals surface area contributed by atoms with Crippen LogP contribution in [-0.2, 0) is 6.18 Å².